The minimum atomic E-state index is -0.0810. The largest absolute Gasteiger partial charge is 0.393 e. The second kappa shape index (κ2) is 2.70. The van der Waals surface area contributed by atoms with Crippen LogP contribution < -0.4 is 0 Å². The molecule has 1 aliphatic rings. The molecule has 1 rings (SSSR count). The topological polar surface area (TPSA) is 20.2 Å². The van der Waals surface area contributed by atoms with E-state index in [2.05, 4.69) is 6.92 Å². The van der Waals surface area contributed by atoms with E-state index >= 15 is 0 Å². The van der Waals surface area contributed by atoms with Crippen LogP contribution in [0, 0.1) is 11.8 Å². The summed E-state index contributed by atoms with van der Waals surface area (Å²) in [5, 5.41) is 9.22. The Morgan fingerprint density at radius 3 is 2.33 bits per heavy atom. The molecular weight excluding hydrogens is 112 g/mol. The lowest BCUT2D eigenvalue weighted by Gasteiger charge is -2.17. The number of rotatable bonds is 1. The van der Waals surface area contributed by atoms with Crippen LogP contribution in [0.2, 0.25) is 0 Å². The molecule has 0 bridgehead atoms. The molecule has 54 valence electrons. The van der Waals surface area contributed by atoms with E-state index in [0.717, 1.165) is 5.92 Å². The van der Waals surface area contributed by atoms with Crippen LogP contribution in [-0.2, 0) is 0 Å². The van der Waals surface area contributed by atoms with Crippen molar-refractivity contribution in [3.05, 3.63) is 0 Å². The molecule has 3 unspecified atom stereocenters. The molecule has 0 amide bonds. The van der Waals surface area contributed by atoms with Gasteiger partial charge in [-0.25, -0.2) is 0 Å². The Hall–Kier alpha value is -0.0400. The molecular formula is C8H16O. The maximum atomic E-state index is 9.22. The van der Waals surface area contributed by atoms with Gasteiger partial charge in [0, 0.05) is 0 Å². The third kappa shape index (κ3) is 1.45. The standard InChI is InChI=1S/C8H16O/c1-6-4-3-5-8(6)7(2)9/h6-9H,3-5H2,1-2H3. The number of aliphatic hydroxyl groups is 1. The summed E-state index contributed by atoms with van der Waals surface area (Å²) in [6.45, 7) is 4.15. The van der Waals surface area contributed by atoms with Gasteiger partial charge in [-0.15, -0.1) is 0 Å². The quantitative estimate of drug-likeness (QED) is 0.571. The van der Waals surface area contributed by atoms with Gasteiger partial charge in [0.2, 0.25) is 0 Å². The number of hydrogen-bond donors (Lipinski definition) is 1. The molecule has 1 saturated carbocycles. The number of hydrogen-bond acceptors (Lipinski definition) is 1. The van der Waals surface area contributed by atoms with Gasteiger partial charge in [0.1, 0.15) is 0 Å². The monoisotopic (exact) mass is 128 g/mol. The Morgan fingerprint density at radius 2 is 2.11 bits per heavy atom. The fourth-order valence-electron chi connectivity index (χ4n) is 1.89. The summed E-state index contributed by atoms with van der Waals surface area (Å²) in [6, 6.07) is 0. The van der Waals surface area contributed by atoms with E-state index in [9.17, 15) is 5.11 Å². The van der Waals surface area contributed by atoms with Crippen LogP contribution in [0.25, 0.3) is 0 Å². The summed E-state index contributed by atoms with van der Waals surface area (Å²) in [4.78, 5) is 0. The predicted octanol–water partition coefficient (Wildman–Crippen LogP) is 1.80. The highest BCUT2D eigenvalue weighted by molar-refractivity contribution is 4.77. The van der Waals surface area contributed by atoms with Gasteiger partial charge >= 0.3 is 0 Å². The van der Waals surface area contributed by atoms with Crippen molar-refractivity contribution in [1.82, 2.24) is 0 Å². The average molecular weight is 128 g/mol. The summed E-state index contributed by atoms with van der Waals surface area (Å²) >= 11 is 0. The Kier molecular flexibility index (Phi) is 2.12. The Labute approximate surface area is 57.1 Å². The van der Waals surface area contributed by atoms with Crippen LogP contribution in [0.3, 0.4) is 0 Å². The molecule has 1 heteroatoms. The van der Waals surface area contributed by atoms with E-state index in [1.165, 1.54) is 19.3 Å². The van der Waals surface area contributed by atoms with Gasteiger partial charge in [0.15, 0.2) is 0 Å². The van der Waals surface area contributed by atoms with Crippen molar-refractivity contribution < 1.29 is 5.11 Å². The SMILES string of the molecule is CC(O)C1CCCC1C. The van der Waals surface area contributed by atoms with Gasteiger partial charge in [0.05, 0.1) is 6.10 Å². The zero-order valence-electron chi connectivity index (χ0n) is 6.30. The first-order valence-corrected chi connectivity index (χ1v) is 3.90. The van der Waals surface area contributed by atoms with Gasteiger partial charge in [0.25, 0.3) is 0 Å². The van der Waals surface area contributed by atoms with Crippen LogP contribution in [0.4, 0.5) is 0 Å². The van der Waals surface area contributed by atoms with Crippen LogP contribution in [0.15, 0.2) is 0 Å². The smallest absolute Gasteiger partial charge is 0.0542 e. The lowest BCUT2D eigenvalue weighted by Crippen LogP contribution is -2.18. The van der Waals surface area contributed by atoms with Crippen molar-refractivity contribution in [2.24, 2.45) is 11.8 Å². The van der Waals surface area contributed by atoms with E-state index < -0.39 is 0 Å². The second-order valence-corrected chi connectivity index (χ2v) is 3.31. The Balaban J connectivity index is 2.40. The van der Waals surface area contributed by atoms with Crippen molar-refractivity contribution in [1.29, 1.82) is 0 Å². The van der Waals surface area contributed by atoms with Crippen LogP contribution in [0.1, 0.15) is 33.1 Å². The lowest BCUT2D eigenvalue weighted by molar-refractivity contribution is 0.107. The van der Waals surface area contributed by atoms with Gasteiger partial charge in [-0.05, 0) is 25.2 Å². The maximum Gasteiger partial charge on any atom is 0.0542 e. The highest BCUT2D eigenvalue weighted by Gasteiger charge is 2.26. The molecule has 0 saturated heterocycles. The zero-order valence-corrected chi connectivity index (χ0v) is 6.30. The van der Waals surface area contributed by atoms with Gasteiger partial charge in [-0.1, -0.05) is 19.8 Å². The molecule has 9 heavy (non-hydrogen) atoms. The van der Waals surface area contributed by atoms with E-state index in [1.54, 1.807) is 0 Å². The fraction of sp³-hybridized carbons (Fsp3) is 1.00. The first kappa shape index (κ1) is 7.07. The van der Waals surface area contributed by atoms with E-state index in [0.29, 0.717) is 5.92 Å². The maximum absolute atomic E-state index is 9.22. The van der Waals surface area contributed by atoms with Crippen molar-refractivity contribution in [3.8, 4) is 0 Å². The van der Waals surface area contributed by atoms with Crippen molar-refractivity contribution in [2.45, 2.75) is 39.2 Å². The molecule has 0 spiro atoms. The third-order valence-corrected chi connectivity index (χ3v) is 2.55. The third-order valence-electron chi connectivity index (χ3n) is 2.55. The summed E-state index contributed by atoms with van der Waals surface area (Å²) < 4.78 is 0. The van der Waals surface area contributed by atoms with Gasteiger partial charge in [-0.3, -0.25) is 0 Å². The lowest BCUT2D eigenvalue weighted by atomic mass is 9.93. The summed E-state index contributed by atoms with van der Waals surface area (Å²) in [7, 11) is 0. The van der Waals surface area contributed by atoms with Gasteiger partial charge in [-0.2, -0.15) is 0 Å². The molecule has 1 aliphatic carbocycles. The molecule has 1 N–H and O–H groups in total. The molecule has 0 heterocycles. The fourth-order valence-corrected chi connectivity index (χ4v) is 1.89. The molecule has 0 aromatic heterocycles. The van der Waals surface area contributed by atoms with Crippen LogP contribution in [-0.4, -0.2) is 11.2 Å². The Bertz CT molecular complexity index is 88.6. The summed E-state index contributed by atoms with van der Waals surface area (Å²) in [6.07, 6.45) is 3.79. The van der Waals surface area contributed by atoms with E-state index in [1.807, 2.05) is 6.92 Å². The molecule has 0 aliphatic heterocycles. The average Bonchev–Trinajstić information content (AvgIpc) is 2.13. The first-order chi connectivity index (χ1) is 4.22. The van der Waals surface area contributed by atoms with Crippen molar-refractivity contribution in [3.63, 3.8) is 0 Å². The van der Waals surface area contributed by atoms with E-state index in [4.69, 9.17) is 0 Å². The predicted molar refractivity (Wildman–Crippen MR) is 38.2 cm³/mol. The minimum absolute atomic E-state index is 0.0810. The summed E-state index contributed by atoms with van der Waals surface area (Å²) in [5.41, 5.74) is 0. The first-order valence-electron chi connectivity index (χ1n) is 3.90. The number of aliphatic hydroxyl groups excluding tert-OH is 1. The van der Waals surface area contributed by atoms with Gasteiger partial charge < -0.3 is 5.11 Å². The second-order valence-electron chi connectivity index (χ2n) is 3.31. The molecule has 0 radical (unpaired) electrons. The molecule has 1 nitrogen and oxygen atoms in total. The molecule has 0 aromatic rings. The van der Waals surface area contributed by atoms with Crippen LogP contribution in [0.5, 0.6) is 0 Å². The normalized spacial score (nSPS) is 39.0. The van der Waals surface area contributed by atoms with E-state index in [-0.39, 0.29) is 6.10 Å². The highest BCUT2D eigenvalue weighted by Crippen LogP contribution is 2.33. The summed E-state index contributed by atoms with van der Waals surface area (Å²) in [5.74, 6) is 1.34. The molecule has 3 atom stereocenters. The zero-order chi connectivity index (χ0) is 6.85. The molecule has 0 aromatic carbocycles. The van der Waals surface area contributed by atoms with Crippen LogP contribution >= 0.6 is 0 Å². The highest BCUT2D eigenvalue weighted by atomic mass is 16.3. The molecule has 1 fully saturated rings. The Morgan fingerprint density at radius 1 is 1.44 bits per heavy atom. The minimum Gasteiger partial charge on any atom is -0.393 e. The van der Waals surface area contributed by atoms with Crippen molar-refractivity contribution >= 4 is 0 Å². The van der Waals surface area contributed by atoms with Crippen molar-refractivity contribution in [2.75, 3.05) is 0 Å².